The topological polar surface area (TPSA) is 84.8 Å². The number of nitrogens with one attached hydrogen (secondary N) is 1. The van der Waals surface area contributed by atoms with Crippen LogP contribution in [-0.2, 0) is 10.0 Å². The fourth-order valence-electron chi connectivity index (χ4n) is 3.09. The van der Waals surface area contributed by atoms with Gasteiger partial charge >= 0.3 is 5.97 Å². The summed E-state index contributed by atoms with van der Waals surface area (Å²) < 4.78 is 30.5. The van der Waals surface area contributed by atoms with Gasteiger partial charge in [-0.05, 0) is 41.1 Å². The Kier molecular flexibility index (Phi) is 6.20. The summed E-state index contributed by atoms with van der Waals surface area (Å²) >= 11 is 6.11. The van der Waals surface area contributed by atoms with Gasteiger partial charge in [0.1, 0.15) is 5.75 Å². The van der Waals surface area contributed by atoms with E-state index in [9.17, 15) is 13.2 Å². The van der Waals surface area contributed by atoms with Crippen molar-refractivity contribution >= 4 is 44.6 Å². The third-order valence-electron chi connectivity index (χ3n) is 4.65. The number of hydrogen-bond donors (Lipinski definition) is 1. The monoisotopic (exact) mass is 464 g/mol. The van der Waals surface area contributed by atoms with Crippen LogP contribution < -0.4 is 9.57 Å². The minimum atomic E-state index is -3.84. The molecule has 0 fully saturated rings. The fourth-order valence-corrected chi connectivity index (χ4v) is 4.12. The SMILES string of the molecule is O=C(Oc1ccc2ccccc2c1/C=N\NS(=O)(=O)c1ccccc1)c1ccccc1Cl. The normalized spacial score (nSPS) is 11.5. The predicted octanol–water partition coefficient (Wildman–Crippen LogP) is 5.02. The molecule has 0 aliphatic rings. The van der Waals surface area contributed by atoms with Gasteiger partial charge in [-0.1, -0.05) is 72.3 Å². The van der Waals surface area contributed by atoms with Gasteiger partial charge in [0.25, 0.3) is 10.0 Å². The van der Waals surface area contributed by atoms with Crippen molar-refractivity contribution < 1.29 is 17.9 Å². The standard InChI is InChI=1S/C24H17ClN2O4S/c25-22-13-7-6-12-20(22)24(28)31-23-15-14-17-8-4-5-11-19(17)21(23)16-26-27-32(29,30)18-9-2-1-3-10-18/h1-16,27H/b26-16-. The first kappa shape index (κ1) is 21.5. The smallest absolute Gasteiger partial charge is 0.345 e. The predicted molar refractivity (Wildman–Crippen MR) is 125 cm³/mol. The lowest BCUT2D eigenvalue weighted by molar-refractivity contribution is 0.0735. The van der Waals surface area contributed by atoms with Crippen molar-refractivity contribution in [1.82, 2.24) is 4.83 Å². The molecule has 4 aromatic rings. The number of hydrogen-bond acceptors (Lipinski definition) is 5. The van der Waals surface area contributed by atoms with E-state index in [-0.39, 0.29) is 21.2 Å². The summed E-state index contributed by atoms with van der Waals surface area (Å²) in [6.45, 7) is 0. The second-order valence-electron chi connectivity index (χ2n) is 6.73. The van der Waals surface area contributed by atoms with Crippen LogP contribution in [0.4, 0.5) is 0 Å². The maximum Gasteiger partial charge on any atom is 0.345 e. The van der Waals surface area contributed by atoms with Gasteiger partial charge in [0.2, 0.25) is 0 Å². The van der Waals surface area contributed by atoms with Crippen LogP contribution in [0.3, 0.4) is 0 Å². The van der Waals surface area contributed by atoms with Crippen molar-refractivity contribution in [2.45, 2.75) is 4.90 Å². The molecule has 0 saturated heterocycles. The fraction of sp³-hybridized carbons (Fsp3) is 0. The number of carbonyl (C=O) groups is 1. The van der Waals surface area contributed by atoms with E-state index in [1.54, 1.807) is 54.6 Å². The van der Waals surface area contributed by atoms with Crippen LogP contribution in [-0.4, -0.2) is 20.6 Å². The Morgan fingerprint density at radius 1 is 0.875 bits per heavy atom. The molecule has 32 heavy (non-hydrogen) atoms. The highest BCUT2D eigenvalue weighted by Crippen LogP contribution is 2.28. The second kappa shape index (κ2) is 9.21. The number of halogens is 1. The Morgan fingerprint density at radius 3 is 2.34 bits per heavy atom. The third kappa shape index (κ3) is 4.64. The first-order chi connectivity index (χ1) is 15.5. The zero-order valence-electron chi connectivity index (χ0n) is 16.6. The largest absolute Gasteiger partial charge is 0.422 e. The molecule has 8 heteroatoms. The van der Waals surface area contributed by atoms with E-state index in [2.05, 4.69) is 9.93 Å². The van der Waals surface area contributed by atoms with Gasteiger partial charge in [0.15, 0.2) is 0 Å². The number of hydrazone groups is 1. The van der Waals surface area contributed by atoms with Crippen LogP contribution in [0.25, 0.3) is 10.8 Å². The first-order valence-electron chi connectivity index (χ1n) is 9.54. The number of sulfonamides is 1. The van der Waals surface area contributed by atoms with Crippen LogP contribution in [0.15, 0.2) is 101 Å². The van der Waals surface area contributed by atoms with Gasteiger partial charge in [0, 0.05) is 5.56 Å². The van der Waals surface area contributed by atoms with Crippen molar-refractivity contribution in [3.05, 3.63) is 107 Å². The van der Waals surface area contributed by atoms with E-state index in [0.717, 1.165) is 10.8 Å². The molecular weight excluding hydrogens is 448 g/mol. The maximum atomic E-state index is 12.7. The summed E-state index contributed by atoms with van der Waals surface area (Å²) in [6.07, 6.45) is 1.32. The molecule has 0 aliphatic heterocycles. The summed E-state index contributed by atoms with van der Waals surface area (Å²) in [4.78, 5) is 15.0. The molecule has 4 aromatic carbocycles. The maximum absolute atomic E-state index is 12.7. The molecule has 0 heterocycles. The number of benzene rings is 4. The molecule has 0 atom stereocenters. The Bertz CT molecular complexity index is 1420. The van der Waals surface area contributed by atoms with Crippen LogP contribution in [0.1, 0.15) is 15.9 Å². The zero-order chi connectivity index (χ0) is 22.6. The molecule has 0 radical (unpaired) electrons. The molecule has 0 spiro atoms. The van der Waals surface area contributed by atoms with E-state index in [0.29, 0.717) is 5.56 Å². The molecule has 0 saturated carbocycles. The molecule has 0 unspecified atom stereocenters. The van der Waals surface area contributed by atoms with E-state index < -0.39 is 16.0 Å². The quantitative estimate of drug-likeness (QED) is 0.188. The van der Waals surface area contributed by atoms with Crippen molar-refractivity contribution in [3.8, 4) is 5.75 Å². The number of esters is 1. The molecule has 0 amide bonds. The lowest BCUT2D eigenvalue weighted by atomic mass is 10.0. The average Bonchev–Trinajstić information content (AvgIpc) is 2.81. The van der Waals surface area contributed by atoms with Gasteiger partial charge in [-0.25, -0.2) is 9.63 Å². The number of rotatable bonds is 6. The number of nitrogens with zero attached hydrogens (tertiary/aromatic N) is 1. The molecule has 160 valence electrons. The van der Waals surface area contributed by atoms with Crippen molar-refractivity contribution in [2.24, 2.45) is 5.10 Å². The van der Waals surface area contributed by atoms with E-state index >= 15 is 0 Å². The molecule has 6 nitrogen and oxygen atoms in total. The molecule has 1 N–H and O–H groups in total. The minimum Gasteiger partial charge on any atom is -0.422 e. The van der Waals surface area contributed by atoms with Crippen LogP contribution in [0.2, 0.25) is 5.02 Å². The summed E-state index contributed by atoms with van der Waals surface area (Å²) in [5, 5.41) is 5.79. The van der Waals surface area contributed by atoms with Gasteiger partial charge in [-0.3, -0.25) is 0 Å². The lowest BCUT2D eigenvalue weighted by Crippen LogP contribution is -2.18. The van der Waals surface area contributed by atoms with Gasteiger partial charge in [-0.15, -0.1) is 0 Å². The Hall–Kier alpha value is -3.68. The zero-order valence-corrected chi connectivity index (χ0v) is 18.2. The number of fused-ring (bicyclic) bond motifs is 1. The van der Waals surface area contributed by atoms with Gasteiger partial charge in [0.05, 0.1) is 21.7 Å². The highest BCUT2D eigenvalue weighted by molar-refractivity contribution is 7.89. The van der Waals surface area contributed by atoms with E-state index in [1.807, 2.05) is 24.3 Å². The molecule has 0 aliphatic carbocycles. The lowest BCUT2D eigenvalue weighted by Gasteiger charge is -2.11. The first-order valence-corrected chi connectivity index (χ1v) is 11.4. The average molecular weight is 465 g/mol. The summed E-state index contributed by atoms with van der Waals surface area (Å²) in [5.74, 6) is -0.415. The molecule has 0 bridgehead atoms. The summed E-state index contributed by atoms with van der Waals surface area (Å²) in [7, 11) is -3.84. The summed E-state index contributed by atoms with van der Waals surface area (Å²) in [5.41, 5.74) is 0.661. The highest BCUT2D eigenvalue weighted by atomic mass is 35.5. The van der Waals surface area contributed by atoms with Crippen molar-refractivity contribution in [3.63, 3.8) is 0 Å². The summed E-state index contributed by atoms with van der Waals surface area (Å²) in [6, 6.07) is 25.3. The van der Waals surface area contributed by atoms with Crippen molar-refractivity contribution in [2.75, 3.05) is 0 Å². The third-order valence-corrected chi connectivity index (χ3v) is 6.22. The molecule has 4 rings (SSSR count). The van der Waals surface area contributed by atoms with E-state index in [4.69, 9.17) is 16.3 Å². The van der Waals surface area contributed by atoms with Crippen LogP contribution >= 0.6 is 11.6 Å². The number of carbonyl (C=O) groups excluding carboxylic acids is 1. The van der Waals surface area contributed by atoms with Gasteiger partial charge in [-0.2, -0.15) is 13.5 Å². The second-order valence-corrected chi connectivity index (χ2v) is 8.80. The Morgan fingerprint density at radius 2 is 1.56 bits per heavy atom. The van der Waals surface area contributed by atoms with Gasteiger partial charge < -0.3 is 4.74 Å². The minimum absolute atomic E-state index is 0.0837. The molecule has 0 aromatic heterocycles. The van der Waals surface area contributed by atoms with Crippen molar-refractivity contribution in [1.29, 1.82) is 0 Å². The van der Waals surface area contributed by atoms with Crippen LogP contribution in [0, 0.1) is 0 Å². The number of ether oxygens (including phenoxy) is 1. The Balaban J connectivity index is 1.69. The highest BCUT2D eigenvalue weighted by Gasteiger charge is 2.16. The van der Waals surface area contributed by atoms with E-state index in [1.165, 1.54) is 18.3 Å². The van der Waals surface area contributed by atoms with Crippen LogP contribution in [0.5, 0.6) is 5.75 Å². The Labute approximate surface area is 190 Å². The molecular formula is C24H17ClN2O4S.